The van der Waals surface area contributed by atoms with Gasteiger partial charge in [0, 0.05) is 23.4 Å². The Kier molecular flexibility index (Phi) is 2.70. The maximum atomic E-state index is 11.9. The van der Waals surface area contributed by atoms with E-state index in [9.17, 15) is 18.0 Å². The van der Waals surface area contributed by atoms with Crippen molar-refractivity contribution in [3.63, 3.8) is 0 Å². The van der Waals surface area contributed by atoms with Crippen molar-refractivity contribution in [2.75, 3.05) is 6.26 Å². The van der Waals surface area contributed by atoms with Crippen LogP contribution in [0, 0.1) is 0 Å². The fourth-order valence-corrected chi connectivity index (χ4v) is 2.23. The van der Waals surface area contributed by atoms with Crippen LogP contribution in [-0.4, -0.2) is 30.7 Å². The van der Waals surface area contributed by atoms with Gasteiger partial charge in [0.1, 0.15) is 5.56 Å². The molecule has 0 atom stereocenters. The number of hydrogen-bond acceptors (Lipinski definition) is 4. The van der Waals surface area contributed by atoms with E-state index in [-0.39, 0.29) is 10.3 Å². The van der Waals surface area contributed by atoms with Crippen molar-refractivity contribution in [1.29, 1.82) is 0 Å². The van der Waals surface area contributed by atoms with Gasteiger partial charge in [0.15, 0.2) is 9.84 Å². The molecule has 0 fully saturated rings. The standard InChI is InChI=1S/C11H9NO5S/c1-18(16,17)6-2-3-9-7(4-6)10(13)8(5-12-9)11(14)15/h2-5H,1H3,(H,12,13)(H,14,15). The molecule has 1 heterocycles. The van der Waals surface area contributed by atoms with Gasteiger partial charge in [0.05, 0.1) is 4.90 Å². The van der Waals surface area contributed by atoms with Crippen molar-refractivity contribution in [3.05, 3.63) is 40.2 Å². The molecule has 1 aromatic carbocycles. The van der Waals surface area contributed by atoms with Gasteiger partial charge in [0.2, 0.25) is 5.43 Å². The minimum absolute atomic E-state index is 0.0250. The molecule has 0 spiro atoms. The fourth-order valence-electron chi connectivity index (χ4n) is 1.59. The van der Waals surface area contributed by atoms with E-state index >= 15 is 0 Å². The van der Waals surface area contributed by atoms with E-state index in [1.54, 1.807) is 0 Å². The van der Waals surface area contributed by atoms with Crippen LogP contribution in [0.1, 0.15) is 10.4 Å². The summed E-state index contributed by atoms with van der Waals surface area (Å²) < 4.78 is 22.8. The van der Waals surface area contributed by atoms with Crippen LogP contribution >= 0.6 is 0 Å². The second-order valence-electron chi connectivity index (χ2n) is 3.82. The number of fused-ring (bicyclic) bond motifs is 1. The van der Waals surface area contributed by atoms with Gasteiger partial charge in [-0.25, -0.2) is 13.2 Å². The predicted octanol–water partition coefficient (Wildman–Crippen LogP) is 0.630. The van der Waals surface area contributed by atoms with Crippen molar-refractivity contribution < 1.29 is 18.3 Å². The number of rotatable bonds is 2. The lowest BCUT2D eigenvalue weighted by molar-refractivity contribution is 0.0695. The molecule has 0 saturated heterocycles. The van der Waals surface area contributed by atoms with Crippen LogP contribution in [-0.2, 0) is 9.84 Å². The van der Waals surface area contributed by atoms with E-state index < -0.39 is 26.8 Å². The molecule has 18 heavy (non-hydrogen) atoms. The molecule has 0 aliphatic carbocycles. The number of nitrogens with one attached hydrogen (secondary N) is 1. The summed E-state index contributed by atoms with van der Waals surface area (Å²) in [7, 11) is -3.44. The maximum absolute atomic E-state index is 11.9. The van der Waals surface area contributed by atoms with Gasteiger partial charge in [-0.1, -0.05) is 0 Å². The Labute approximate surface area is 102 Å². The van der Waals surface area contributed by atoms with Gasteiger partial charge < -0.3 is 10.1 Å². The third kappa shape index (κ3) is 2.00. The summed E-state index contributed by atoms with van der Waals surface area (Å²) in [5, 5.41) is 8.86. The lowest BCUT2D eigenvalue weighted by atomic mass is 10.1. The Hall–Kier alpha value is -2.15. The normalized spacial score (nSPS) is 11.6. The first-order valence-electron chi connectivity index (χ1n) is 4.89. The molecule has 0 saturated carbocycles. The minimum atomic E-state index is -3.44. The number of aromatic carboxylic acids is 1. The third-order valence-corrected chi connectivity index (χ3v) is 3.62. The number of pyridine rings is 1. The molecular weight excluding hydrogens is 258 g/mol. The van der Waals surface area contributed by atoms with Crippen molar-refractivity contribution in [2.24, 2.45) is 0 Å². The Morgan fingerprint density at radius 3 is 2.56 bits per heavy atom. The van der Waals surface area contributed by atoms with Gasteiger partial charge in [-0.05, 0) is 18.2 Å². The number of aromatic amines is 1. The molecule has 0 unspecified atom stereocenters. The Bertz CT molecular complexity index is 804. The molecule has 7 heteroatoms. The minimum Gasteiger partial charge on any atom is -0.477 e. The second kappa shape index (κ2) is 3.95. The summed E-state index contributed by atoms with van der Waals surface area (Å²) in [5.41, 5.74) is -0.743. The lowest BCUT2D eigenvalue weighted by Crippen LogP contribution is -2.15. The number of carbonyl (C=O) groups is 1. The fraction of sp³-hybridized carbons (Fsp3) is 0.0909. The van der Waals surface area contributed by atoms with Crippen LogP contribution < -0.4 is 5.43 Å². The number of benzene rings is 1. The van der Waals surface area contributed by atoms with Gasteiger partial charge in [0.25, 0.3) is 0 Å². The number of carboxylic acids is 1. The monoisotopic (exact) mass is 267 g/mol. The zero-order valence-electron chi connectivity index (χ0n) is 9.30. The zero-order valence-corrected chi connectivity index (χ0v) is 10.1. The predicted molar refractivity (Wildman–Crippen MR) is 64.6 cm³/mol. The molecule has 0 radical (unpaired) electrons. The number of aromatic nitrogens is 1. The van der Waals surface area contributed by atoms with Crippen LogP contribution in [0.5, 0.6) is 0 Å². The molecule has 2 aromatic rings. The van der Waals surface area contributed by atoms with Crippen molar-refractivity contribution in [2.45, 2.75) is 4.90 Å². The van der Waals surface area contributed by atoms with Crippen molar-refractivity contribution in [1.82, 2.24) is 4.98 Å². The molecular formula is C11H9NO5S. The van der Waals surface area contributed by atoms with Gasteiger partial charge in [-0.3, -0.25) is 4.79 Å². The molecule has 0 amide bonds. The lowest BCUT2D eigenvalue weighted by Gasteiger charge is -2.02. The Morgan fingerprint density at radius 2 is 2.00 bits per heavy atom. The third-order valence-electron chi connectivity index (χ3n) is 2.51. The van der Waals surface area contributed by atoms with Crippen LogP contribution in [0.3, 0.4) is 0 Å². The molecule has 0 aliphatic rings. The van der Waals surface area contributed by atoms with Gasteiger partial charge in [-0.2, -0.15) is 0 Å². The first kappa shape index (κ1) is 12.3. The van der Waals surface area contributed by atoms with Gasteiger partial charge >= 0.3 is 5.97 Å². The van der Waals surface area contributed by atoms with Gasteiger partial charge in [-0.15, -0.1) is 0 Å². The number of hydrogen-bond donors (Lipinski definition) is 2. The molecule has 2 rings (SSSR count). The van der Waals surface area contributed by atoms with Crippen LogP contribution in [0.2, 0.25) is 0 Å². The van der Waals surface area contributed by atoms with Crippen LogP contribution in [0.15, 0.2) is 34.1 Å². The average molecular weight is 267 g/mol. The smallest absolute Gasteiger partial charge is 0.341 e. The highest BCUT2D eigenvalue weighted by Gasteiger charge is 2.14. The van der Waals surface area contributed by atoms with E-state index in [1.165, 1.54) is 18.2 Å². The molecule has 94 valence electrons. The summed E-state index contributed by atoms with van der Waals surface area (Å²) in [6.07, 6.45) is 2.11. The second-order valence-corrected chi connectivity index (χ2v) is 5.83. The topological polar surface area (TPSA) is 104 Å². The van der Waals surface area contributed by atoms with Crippen LogP contribution in [0.25, 0.3) is 10.9 Å². The highest BCUT2D eigenvalue weighted by molar-refractivity contribution is 7.90. The molecule has 0 bridgehead atoms. The van der Waals surface area contributed by atoms with E-state index in [0.717, 1.165) is 12.5 Å². The molecule has 2 N–H and O–H groups in total. The number of H-pyrrole nitrogens is 1. The summed E-state index contributed by atoms with van der Waals surface area (Å²) >= 11 is 0. The summed E-state index contributed by atoms with van der Waals surface area (Å²) in [6.45, 7) is 0. The SMILES string of the molecule is CS(=O)(=O)c1ccc2[nH]cc(C(=O)O)c(=O)c2c1. The largest absolute Gasteiger partial charge is 0.477 e. The summed E-state index contributed by atoms with van der Waals surface area (Å²) in [4.78, 5) is 25.3. The van der Waals surface area contributed by atoms with E-state index in [1.807, 2.05) is 0 Å². The average Bonchev–Trinajstić information content (AvgIpc) is 2.27. The van der Waals surface area contributed by atoms with E-state index in [0.29, 0.717) is 5.52 Å². The highest BCUT2D eigenvalue weighted by atomic mass is 32.2. The maximum Gasteiger partial charge on any atom is 0.341 e. The summed E-state index contributed by atoms with van der Waals surface area (Å²) in [5.74, 6) is -1.36. The van der Waals surface area contributed by atoms with Crippen molar-refractivity contribution >= 4 is 26.7 Å². The van der Waals surface area contributed by atoms with E-state index in [4.69, 9.17) is 5.11 Å². The molecule has 1 aromatic heterocycles. The molecule has 0 aliphatic heterocycles. The Morgan fingerprint density at radius 1 is 1.33 bits per heavy atom. The summed E-state index contributed by atoms with van der Waals surface area (Å²) in [6, 6.07) is 3.96. The number of sulfone groups is 1. The first-order valence-corrected chi connectivity index (χ1v) is 6.78. The quantitative estimate of drug-likeness (QED) is 0.830. The van der Waals surface area contributed by atoms with Crippen LogP contribution in [0.4, 0.5) is 0 Å². The first-order chi connectivity index (χ1) is 8.30. The molecule has 6 nitrogen and oxygen atoms in total. The van der Waals surface area contributed by atoms with E-state index in [2.05, 4.69) is 4.98 Å². The number of carboxylic acid groups (broad SMARTS) is 1. The zero-order chi connectivity index (χ0) is 13.5. The highest BCUT2D eigenvalue weighted by Crippen LogP contribution is 2.15. The Balaban J connectivity index is 2.87. The van der Waals surface area contributed by atoms with Crippen molar-refractivity contribution in [3.8, 4) is 0 Å².